The van der Waals surface area contributed by atoms with Gasteiger partial charge in [0.2, 0.25) is 5.91 Å². The lowest BCUT2D eigenvalue weighted by atomic mass is 10.2. The van der Waals surface area contributed by atoms with Crippen LogP contribution in [-0.2, 0) is 4.79 Å². The molecule has 104 valence electrons. The molecule has 2 rings (SSSR count). The zero-order valence-electron chi connectivity index (χ0n) is 11.8. The van der Waals surface area contributed by atoms with Crippen LogP contribution in [0.2, 0.25) is 0 Å². The van der Waals surface area contributed by atoms with Gasteiger partial charge in [-0.05, 0) is 51.0 Å². The molecule has 0 saturated heterocycles. The van der Waals surface area contributed by atoms with Gasteiger partial charge in [-0.2, -0.15) is 0 Å². The van der Waals surface area contributed by atoms with E-state index in [0.29, 0.717) is 12.6 Å². The topological polar surface area (TPSA) is 41.6 Å². The van der Waals surface area contributed by atoms with Crippen LogP contribution in [0.3, 0.4) is 0 Å². The number of benzene rings is 1. The molecule has 0 aliphatic heterocycles. The van der Waals surface area contributed by atoms with E-state index in [9.17, 15) is 4.79 Å². The Morgan fingerprint density at radius 2 is 2.00 bits per heavy atom. The van der Waals surface area contributed by atoms with Crippen molar-refractivity contribution in [1.82, 2.24) is 5.32 Å². The van der Waals surface area contributed by atoms with Crippen LogP contribution in [0.5, 0.6) is 5.75 Å². The fraction of sp³-hybridized carbons (Fsp3) is 0.533. The maximum atomic E-state index is 12.0. The van der Waals surface area contributed by atoms with E-state index in [2.05, 4.69) is 5.32 Å². The van der Waals surface area contributed by atoms with Crippen LogP contribution in [0.15, 0.2) is 24.3 Å². The molecule has 19 heavy (non-hydrogen) atoms. The van der Waals surface area contributed by atoms with Gasteiger partial charge < -0.3 is 15.0 Å². The Morgan fingerprint density at radius 3 is 2.53 bits per heavy atom. The first-order valence-electron chi connectivity index (χ1n) is 6.83. The summed E-state index contributed by atoms with van der Waals surface area (Å²) in [6.07, 6.45) is 2.55. The second-order valence-corrected chi connectivity index (χ2v) is 5.27. The fourth-order valence-electron chi connectivity index (χ4n) is 1.80. The molecule has 1 fully saturated rings. The molecular formula is C15H22N2O2. The molecule has 0 unspecified atom stereocenters. The van der Waals surface area contributed by atoms with E-state index in [1.165, 1.54) is 12.8 Å². The number of nitrogens with zero attached hydrogens (tertiary/aromatic N) is 1. The average Bonchev–Trinajstić information content (AvgIpc) is 3.19. The summed E-state index contributed by atoms with van der Waals surface area (Å²) in [6.45, 7) is 4.39. The standard InChI is InChI=1S/C15H22N2O2/c1-11(2)19-14-8-6-13(7-9-14)17(3)15(18)10-16-12-4-5-12/h6-9,11-12,16H,4-5,10H2,1-3H3. The van der Waals surface area contributed by atoms with Gasteiger partial charge in [-0.3, -0.25) is 4.79 Å². The normalized spacial score (nSPS) is 14.5. The summed E-state index contributed by atoms with van der Waals surface area (Å²) in [5, 5.41) is 3.23. The summed E-state index contributed by atoms with van der Waals surface area (Å²) in [7, 11) is 1.80. The maximum Gasteiger partial charge on any atom is 0.240 e. The minimum absolute atomic E-state index is 0.0874. The highest BCUT2D eigenvalue weighted by Gasteiger charge is 2.22. The van der Waals surface area contributed by atoms with Crippen molar-refractivity contribution in [3.05, 3.63) is 24.3 Å². The lowest BCUT2D eigenvalue weighted by Gasteiger charge is -2.18. The highest BCUT2D eigenvalue weighted by Crippen LogP contribution is 2.20. The number of likely N-dealkylation sites (N-methyl/N-ethyl adjacent to an activating group) is 1. The van der Waals surface area contributed by atoms with Gasteiger partial charge in [0.15, 0.2) is 0 Å². The summed E-state index contributed by atoms with van der Waals surface area (Å²) in [5.41, 5.74) is 0.888. The second kappa shape index (κ2) is 6.06. The first-order valence-corrected chi connectivity index (χ1v) is 6.83. The van der Waals surface area contributed by atoms with Crippen molar-refractivity contribution in [2.24, 2.45) is 0 Å². The maximum absolute atomic E-state index is 12.0. The molecule has 4 nitrogen and oxygen atoms in total. The largest absolute Gasteiger partial charge is 0.491 e. The Bertz CT molecular complexity index is 424. The predicted molar refractivity (Wildman–Crippen MR) is 76.6 cm³/mol. The molecule has 0 spiro atoms. The minimum atomic E-state index is 0.0874. The van der Waals surface area contributed by atoms with Crippen molar-refractivity contribution in [3.63, 3.8) is 0 Å². The number of carbonyl (C=O) groups excluding carboxylic acids is 1. The molecule has 0 bridgehead atoms. The molecule has 0 radical (unpaired) electrons. The third kappa shape index (κ3) is 4.24. The van der Waals surface area contributed by atoms with Crippen LogP contribution in [0.1, 0.15) is 26.7 Å². The van der Waals surface area contributed by atoms with Crippen LogP contribution in [-0.4, -0.2) is 31.6 Å². The molecule has 1 aliphatic rings. The molecule has 1 aliphatic carbocycles. The van der Waals surface area contributed by atoms with Gasteiger partial charge in [-0.1, -0.05) is 0 Å². The van der Waals surface area contributed by atoms with Crippen LogP contribution in [0.25, 0.3) is 0 Å². The lowest BCUT2D eigenvalue weighted by Crippen LogP contribution is -2.36. The van der Waals surface area contributed by atoms with Gasteiger partial charge in [-0.25, -0.2) is 0 Å². The van der Waals surface area contributed by atoms with Crippen molar-refractivity contribution >= 4 is 11.6 Å². The Morgan fingerprint density at radius 1 is 1.37 bits per heavy atom. The van der Waals surface area contributed by atoms with Gasteiger partial charge in [0.25, 0.3) is 0 Å². The van der Waals surface area contributed by atoms with Crippen LogP contribution in [0.4, 0.5) is 5.69 Å². The van der Waals surface area contributed by atoms with E-state index in [1.54, 1.807) is 11.9 Å². The zero-order valence-corrected chi connectivity index (χ0v) is 11.8. The van der Waals surface area contributed by atoms with Crippen LogP contribution in [0, 0.1) is 0 Å². The number of hydrogen-bond acceptors (Lipinski definition) is 3. The highest BCUT2D eigenvalue weighted by atomic mass is 16.5. The van der Waals surface area contributed by atoms with E-state index in [-0.39, 0.29) is 12.0 Å². The third-order valence-electron chi connectivity index (χ3n) is 3.09. The molecular weight excluding hydrogens is 240 g/mol. The van der Waals surface area contributed by atoms with Crippen molar-refractivity contribution in [2.75, 3.05) is 18.5 Å². The molecule has 0 aromatic heterocycles. The average molecular weight is 262 g/mol. The van der Waals surface area contributed by atoms with E-state index < -0.39 is 0 Å². The molecule has 1 aromatic carbocycles. The summed E-state index contributed by atoms with van der Waals surface area (Å²) in [4.78, 5) is 13.6. The number of nitrogens with one attached hydrogen (secondary N) is 1. The molecule has 4 heteroatoms. The Labute approximate surface area is 114 Å². The predicted octanol–water partition coefficient (Wildman–Crippen LogP) is 2.19. The van der Waals surface area contributed by atoms with Gasteiger partial charge >= 0.3 is 0 Å². The number of anilines is 1. The summed E-state index contributed by atoms with van der Waals surface area (Å²) in [5.74, 6) is 0.917. The number of hydrogen-bond donors (Lipinski definition) is 1. The molecule has 1 saturated carbocycles. The van der Waals surface area contributed by atoms with Gasteiger partial charge in [0, 0.05) is 18.8 Å². The van der Waals surface area contributed by atoms with Crippen LogP contribution >= 0.6 is 0 Å². The highest BCUT2D eigenvalue weighted by molar-refractivity contribution is 5.94. The molecule has 0 heterocycles. The molecule has 1 amide bonds. The second-order valence-electron chi connectivity index (χ2n) is 5.27. The van der Waals surface area contributed by atoms with Crippen molar-refractivity contribution in [3.8, 4) is 5.75 Å². The Balaban J connectivity index is 1.90. The van der Waals surface area contributed by atoms with Crippen molar-refractivity contribution < 1.29 is 9.53 Å². The Kier molecular flexibility index (Phi) is 4.43. The SMILES string of the molecule is CC(C)Oc1ccc(N(C)C(=O)CNC2CC2)cc1. The molecule has 1 aromatic rings. The van der Waals surface area contributed by atoms with Gasteiger partial charge in [0.05, 0.1) is 12.6 Å². The zero-order chi connectivity index (χ0) is 13.8. The van der Waals surface area contributed by atoms with Crippen molar-refractivity contribution in [1.29, 1.82) is 0 Å². The third-order valence-corrected chi connectivity index (χ3v) is 3.09. The lowest BCUT2D eigenvalue weighted by molar-refractivity contribution is -0.117. The van der Waals surface area contributed by atoms with Gasteiger partial charge in [0.1, 0.15) is 5.75 Å². The molecule has 1 N–H and O–H groups in total. The summed E-state index contributed by atoms with van der Waals surface area (Å²) in [6, 6.07) is 8.17. The van der Waals surface area contributed by atoms with Gasteiger partial charge in [-0.15, -0.1) is 0 Å². The van der Waals surface area contributed by atoms with Crippen LogP contribution < -0.4 is 15.0 Å². The monoisotopic (exact) mass is 262 g/mol. The van der Waals surface area contributed by atoms with E-state index in [4.69, 9.17) is 4.74 Å². The number of rotatable bonds is 6. The molecule has 0 atom stereocenters. The number of carbonyl (C=O) groups is 1. The number of ether oxygens (including phenoxy) is 1. The van der Waals surface area contributed by atoms with E-state index in [0.717, 1.165) is 11.4 Å². The quantitative estimate of drug-likeness (QED) is 0.854. The van der Waals surface area contributed by atoms with Crippen molar-refractivity contribution in [2.45, 2.75) is 38.8 Å². The summed E-state index contributed by atoms with van der Waals surface area (Å²) < 4.78 is 5.58. The number of amides is 1. The van der Waals surface area contributed by atoms with E-state index in [1.807, 2.05) is 38.1 Å². The first-order chi connectivity index (χ1) is 9.06. The first kappa shape index (κ1) is 13.9. The summed E-state index contributed by atoms with van der Waals surface area (Å²) >= 11 is 0. The minimum Gasteiger partial charge on any atom is -0.491 e. The fourth-order valence-corrected chi connectivity index (χ4v) is 1.80. The Hall–Kier alpha value is -1.55. The van der Waals surface area contributed by atoms with E-state index >= 15 is 0 Å². The smallest absolute Gasteiger partial charge is 0.240 e.